The third-order valence-corrected chi connectivity index (χ3v) is 3.74. The molecule has 0 saturated carbocycles. The number of piperidine rings is 1. The molecule has 6 heteroatoms. The van der Waals surface area contributed by atoms with Crippen molar-refractivity contribution >= 4 is 17.3 Å². The Kier molecular flexibility index (Phi) is 4.57. The molecule has 1 aliphatic heterocycles. The van der Waals surface area contributed by atoms with Gasteiger partial charge in [0, 0.05) is 18.7 Å². The normalized spacial score (nSPS) is 19.1. The number of rotatable bonds is 4. The summed E-state index contributed by atoms with van der Waals surface area (Å²) in [7, 11) is 0. The van der Waals surface area contributed by atoms with E-state index in [-0.39, 0.29) is 23.7 Å². The summed E-state index contributed by atoms with van der Waals surface area (Å²) in [5.74, 6) is -0.00134. The second kappa shape index (κ2) is 6.22. The van der Waals surface area contributed by atoms with Crippen LogP contribution in [0.25, 0.3) is 0 Å². The van der Waals surface area contributed by atoms with E-state index in [1.54, 1.807) is 24.0 Å². The largest absolute Gasteiger partial charge is 0.311 e. The van der Waals surface area contributed by atoms with Crippen LogP contribution in [0.15, 0.2) is 18.2 Å². The molecule has 1 fully saturated rings. The molecule has 1 aromatic carbocycles. The Morgan fingerprint density at radius 2 is 2.14 bits per heavy atom. The average molecular weight is 291 g/mol. The van der Waals surface area contributed by atoms with Gasteiger partial charge >= 0.3 is 0 Å². The number of nitro groups is 1. The van der Waals surface area contributed by atoms with Gasteiger partial charge in [0.2, 0.25) is 5.91 Å². The molecule has 114 valence electrons. The van der Waals surface area contributed by atoms with Crippen molar-refractivity contribution in [3.63, 3.8) is 0 Å². The molecule has 0 radical (unpaired) electrons. The first-order valence-electron chi connectivity index (χ1n) is 7.23. The van der Waals surface area contributed by atoms with E-state index >= 15 is 0 Å². The molecule has 1 amide bonds. The Balaban J connectivity index is 2.31. The number of benzene rings is 1. The molecule has 0 bridgehead atoms. The Bertz CT molecular complexity index is 557. The number of carbonyl (C=O) groups excluding carboxylic acids is 1. The first kappa shape index (κ1) is 15.4. The lowest BCUT2D eigenvalue weighted by molar-refractivity contribution is -0.385. The summed E-state index contributed by atoms with van der Waals surface area (Å²) in [6.07, 6.45) is 1.69. The Morgan fingerprint density at radius 1 is 1.43 bits per heavy atom. The molecule has 1 N–H and O–H groups in total. The number of hydrogen-bond acceptors (Lipinski definition) is 4. The van der Waals surface area contributed by atoms with Gasteiger partial charge in [0.25, 0.3) is 5.69 Å². The van der Waals surface area contributed by atoms with E-state index in [1.165, 1.54) is 6.07 Å². The predicted molar refractivity (Wildman–Crippen MR) is 81.5 cm³/mol. The van der Waals surface area contributed by atoms with Crippen LogP contribution >= 0.6 is 0 Å². The van der Waals surface area contributed by atoms with E-state index in [4.69, 9.17) is 0 Å². The van der Waals surface area contributed by atoms with E-state index in [1.807, 2.05) is 13.8 Å². The van der Waals surface area contributed by atoms with Gasteiger partial charge in [0.1, 0.15) is 0 Å². The highest BCUT2D eigenvalue weighted by Crippen LogP contribution is 2.30. The molecule has 1 aliphatic rings. The molecule has 0 aliphatic carbocycles. The van der Waals surface area contributed by atoms with Crippen LogP contribution in [0.4, 0.5) is 11.4 Å². The number of hydrogen-bond donors (Lipinski definition) is 1. The first-order chi connectivity index (χ1) is 9.91. The number of anilines is 1. The lowest BCUT2D eigenvalue weighted by atomic mass is 10.0. The van der Waals surface area contributed by atoms with Crippen LogP contribution in [0.2, 0.25) is 0 Å². The molecular formula is C15H21N3O3. The smallest absolute Gasteiger partial charge is 0.274 e. The van der Waals surface area contributed by atoms with Crippen molar-refractivity contribution in [1.29, 1.82) is 0 Å². The zero-order valence-electron chi connectivity index (χ0n) is 12.6. The molecule has 1 saturated heterocycles. The number of nitro benzene ring substituents is 1. The molecule has 1 aromatic rings. The SMILES string of the molecule is Cc1c(N2CCCC(NC(C)C)C2=O)cccc1[N+](=O)[O-]. The number of nitrogens with one attached hydrogen (secondary N) is 1. The zero-order valence-corrected chi connectivity index (χ0v) is 12.6. The second-order valence-corrected chi connectivity index (χ2v) is 5.68. The minimum absolute atomic E-state index is 0.00134. The maximum atomic E-state index is 12.6. The van der Waals surface area contributed by atoms with Crippen molar-refractivity contribution in [1.82, 2.24) is 5.32 Å². The predicted octanol–water partition coefficient (Wildman–Crippen LogP) is 2.40. The number of carbonyl (C=O) groups is 1. The Morgan fingerprint density at radius 3 is 2.76 bits per heavy atom. The fourth-order valence-electron chi connectivity index (χ4n) is 2.77. The standard InChI is InChI=1S/C15H21N3O3/c1-10(2)16-12-6-5-9-17(15(12)19)13-7-4-8-14(11(13)3)18(20)21/h4,7-8,10,12,16H,5-6,9H2,1-3H3. The molecule has 0 spiro atoms. The highest BCUT2D eigenvalue weighted by molar-refractivity contribution is 5.99. The topological polar surface area (TPSA) is 75.5 Å². The molecule has 21 heavy (non-hydrogen) atoms. The van der Waals surface area contributed by atoms with Crippen molar-refractivity contribution < 1.29 is 9.72 Å². The van der Waals surface area contributed by atoms with Crippen LogP contribution in [0, 0.1) is 17.0 Å². The Labute approximate surface area is 124 Å². The number of amides is 1. The van der Waals surface area contributed by atoms with E-state index in [9.17, 15) is 14.9 Å². The zero-order chi connectivity index (χ0) is 15.6. The summed E-state index contributed by atoms with van der Waals surface area (Å²) in [6.45, 7) is 6.31. The van der Waals surface area contributed by atoms with Gasteiger partial charge in [-0.05, 0) is 25.8 Å². The minimum atomic E-state index is -0.406. The molecular weight excluding hydrogens is 270 g/mol. The summed E-state index contributed by atoms with van der Waals surface area (Å²) in [4.78, 5) is 24.9. The van der Waals surface area contributed by atoms with Crippen LogP contribution in [0.3, 0.4) is 0 Å². The van der Waals surface area contributed by atoms with Gasteiger partial charge in [-0.25, -0.2) is 0 Å². The van der Waals surface area contributed by atoms with E-state index in [0.717, 1.165) is 12.8 Å². The molecule has 2 rings (SSSR count). The quantitative estimate of drug-likeness (QED) is 0.682. The van der Waals surface area contributed by atoms with Crippen molar-refractivity contribution in [2.75, 3.05) is 11.4 Å². The first-order valence-corrected chi connectivity index (χ1v) is 7.23. The van der Waals surface area contributed by atoms with Crippen molar-refractivity contribution in [3.05, 3.63) is 33.9 Å². The highest BCUT2D eigenvalue weighted by Gasteiger charge is 2.31. The van der Waals surface area contributed by atoms with Crippen molar-refractivity contribution in [2.45, 2.75) is 45.7 Å². The van der Waals surface area contributed by atoms with Crippen LogP contribution in [0.5, 0.6) is 0 Å². The lowest BCUT2D eigenvalue weighted by Crippen LogP contribution is -2.52. The highest BCUT2D eigenvalue weighted by atomic mass is 16.6. The molecule has 1 atom stereocenters. The van der Waals surface area contributed by atoms with Crippen LogP contribution in [-0.2, 0) is 4.79 Å². The van der Waals surface area contributed by atoms with Crippen LogP contribution < -0.4 is 10.2 Å². The van der Waals surface area contributed by atoms with Crippen LogP contribution in [-0.4, -0.2) is 29.5 Å². The van der Waals surface area contributed by atoms with Gasteiger partial charge in [0.15, 0.2) is 0 Å². The average Bonchev–Trinajstić information content (AvgIpc) is 2.41. The van der Waals surface area contributed by atoms with Gasteiger partial charge in [-0.15, -0.1) is 0 Å². The molecule has 1 heterocycles. The van der Waals surface area contributed by atoms with Gasteiger partial charge in [0.05, 0.1) is 22.2 Å². The van der Waals surface area contributed by atoms with E-state index in [2.05, 4.69) is 5.32 Å². The summed E-state index contributed by atoms with van der Waals surface area (Å²) in [6, 6.07) is 4.89. The summed E-state index contributed by atoms with van der Waals surface area (Å²) >= 11 is 0. The second-order valence-electron chi connectivity index (χ2n) is 5.68. The Hall–Kier alpha value is -1.95. The van der Waals surface area contributed by atoms with Gasteiger partial charge in [-0.1, -0.05) is 19.9 Å². The third-order valence-electron chi connectivity index (χ3n) is 3.74. The van der Waals surface area contributed by atoms with E-state index < -0.39 is 4.92 Å². The molecule has 6 nitrogen and oxygen atoms in total. The fourth-order valence-corrected chi connectivity index (χ4v) is 2.77. The lowest BCUT2D eigenvalue weighted by Gasteiger charge is -2.34. The maximum Gasteiger partial charge on any atom is 0.274 e. The minimum Gasteiger partial charge on any atom is -0.311 e. The summed E-state index contributed by atoms with van der Waals surface area (Å²) < 4.78 is 0. The van der Waals surface area contributed by atoms with Gasteiger partial charge < -0.3 is 10.2 Å². The number of nitrogens with zero attached hydrogens (tertiary/aromatic N) is 2. The van der Waals surface area contributed by atoms with Gasteiger partial charge in [-0.2, -0.15) is 0 Å². The van der Waals surface area contributed by atoms with Crippen LogP contribution in [0.1, 0.15) is 32.3 Å². The summed E-state index contributed by atoms with van der Waals surface area (Å²) in [5, 5.41) is 14.3. The molecule has 0 aromatic heterocycles. The molecule has 1 unspecified atom stereocenters. The monoisotopic (exact) mass is 291 g/mol. The summed E-state index contributed by atoms with van der Waals surface area (Å²) in [5.41, 5.74) is 1.24. The van der Waals surface area contributed by atoms with Gasteiger partial charge in [-0.3, -0.25) is 14.9 Å². The van der Waals surface area contributed by atoms with Crippen molar-refractivity contribution in [2.24, 2.45) is 0 Å². The maximum absolute atomic E-state index is 12.6. The van der Waals surface area contributed by atoms with Crippen molar-refractivity contribution in [3.8, 4) is 0 Å². The third kappa shape index (κ3) is 3.21. The fraction of sp³-hybridized carbons (Fsp3) is 0.533. The van der Waals surface area contributed by atoms with E-state index in [0.29, 0.717) is 17.8 Å².